The van der Waals surface area contributed by atoms with Crippen molar-refractivity contribution in [3.63, 3.8) is 0 Å². The summed E-state index contributed by atoms with van der Waals surface area (Å²) in [5.74, 6) is -0.0185. The van der Waals surface area contributed by atoms with Crippen LogP contribution in [0.4, 0.5) is 0 Å². The standard InChI is InChI=1S/C4H10BN2O/c1-2-7-4(8)3-5-6/h2-3,6H2,1H3,(H,7,8). The van der Waals surface area contributed by atoms with Gasteiger partial charge >= 0.3 is 0 Å². The summed E-state index contributed by atoms with van der Waals surface area (Å²) in [6.07, 6.45) is 0.313. The maximum absolute atomic E-state index is 10.4. The zero-order chi connectivity index (χ0) is 6.41. The minimum absolute atomic E-state index is 0.0185. The van der Waals surface area contributed by atoms with Crippen LogP contribution < -0.4 is 11.0 Å². The van der Waals surface area contributed by atoms with Gasteiger partial charge in [0.05, 0.1) is 0 Å². The summed E-state index contributed by atoms with van der Waals surface area (Å²) in [6, 6.07) is 0. The molecule has 0 aliphatic heterocycles. The molecular weight excluding hydrogens is 103 g/mol. The van der Waals surface area contributed by atoms with Gasteiger partial charge in [0.25, 0.3) is 0 Å². The van der Waals surface area contributed by atoms with Crippen molar-refractivity contribution in [1.29, 1.82) is 0 Å². The molecule has 3 N–H and O–H groups in total. The third-order valence-corrected chi connectivity index (χ3v) is 0.677. The highest BCUT2D eigenvalue weighted by Gasteiger charge is 1.94. The largest absolute Gasteiger partial charge is 0.374 e. The van der Waals surface area contributed by atoms with Gasteiger partial charge in [-0.3, -0.25) is 4.79 Å². The monoisotopic (exact) mass is 113 g/mol. The van der Waals surface area contributed by atoms with Crippen LogP contribution in [0.1, 0.15) is 6.92 Å². The van der Waals surface area contributed by atoms with E-state index in [2.05, 4.69) is 5.32 Å². The van der Waals surface area contributed by atoms with Crippen molar-refractivity contribution in [2.24, 2.45) is 5.64 Å². The first kappa shape index (κ1) is 7.49. The minimum atomic E-state index is -0.0185. The molecule has 1 amide bonds. The number of nitrogens with one attached hydrogen (secondary N) is 1. The zero-order valence-electron chi connectivity index (χ0n) is 4.98. The lowest BCUT2D eigenvalue weighted by atomic mass is 9.91. The Bertz CT molecular complexity index is 68.4. The fourth-order valence-corrected chi connectivity index (χ4v) is 0.376. The van der Waals surface area contributed by atoms with E-state index in [9.17, 15) is 4.79 Å². The topological polar surface area (TPSA) is 55.1 Å². The molecule has 0 atom stereocenters. The SMILES string of the molecule is CCNC(=O)C[B]N. The summed E-state index contributed by atoms with van der Waals surface area (Å²) < 4.78 is 0. The van der Waals surface area contributed by atoms with E-state index in [0.717, 1.165) is 0 Å². The van der Waals surface area contributed by atoms with E-state index in [4.69, 9.17) is 5.64 Å². The Morgan fingerprint density at radius 3 is 2.88 bits per heavy atom. The van der Waals surface area contributed by atoms with Crippen molar-refractivity contribution < 1.29 is 4.79 Å². The molecule has 0 aromatic carbocycles. The molecule has 0 aromatic heterocycles. The maximum atomic E-state index is 10.4. The number of nitrogens with two attached hydrogens (primary N) is 1. The number of amides is 1. The molecule has 3 nitrogen and oxygen atoms in total. The van der Waals surface area contributed by atoms with Crippen molar-refractivity contribution in [1.82, 2.24) is 5.32 Å². The highest BCUT2D eigenvalue weighted by molar-refractivity contribution is 6.37. The molecule has 0 heterocycles. The molecule has 0 unspecified atom stereocenters. The third-order valence-electron chi connectivity index (χ3n) is 0.677. The first-order valence-corrected chi connectivity index (χ1v) is 2.61. The van der Waals surface area contributed by atoms with Gasteiger partial charge < -0.3 is 11.0 Å². The predicted octanol–water partition coefficient (Wildman–Crippen LogP) is -0.881. The Hall–Kier alpha value is -0.505. The first-order chi connectivity index (χ1) is 3.81. The lowest BCUT2D eigenvalue weighted by Crippen LogP contribution is -2.25. The zero-order valence-corrected chi connectivity index (χ0v) is 4.98. The van der Waals surface area contributed by atoms with Crippen molar-refractivity contribution in [3.8, 4) is 0 Å². The second-order valence-corrected chi connectivity index (χ2v) is 1.39. The van der Waals surface area contributed by atoms with E-state index >= 15 is 0 Å². The summed E-state index contributed by atoms with van der Waals surface area (Å²) in [7, 11) is 1.34. The van der Waals surface area contributed by atoms with Gasteiger partial charge in [0.15, 0.2) is 0 Å². The first-order valence-electron chi connectivity index (χ1n) is 2.61. The Morgan fingerprint density at radius 2 is 2.50 bits per heavy atom. The molecular formula is C4H10BN2O. The van der Waals surface area contributed by atoms with E-state index < -0.39 is 0 Å². The summed E-state index contributed by atoms with van der Waals surface area (Å²) >= 11 is 0. The molecule has 8 heavy (non-hydrogen) atoms. The molecule has 0 spiro atoms. The molecule has 0 fully saturated rings. The van der Waals surface area contributed by atoms with Gasteiger partial charge in [0.1, 0.15) is 0 Å². The number of rotatable bonds is 3. The smallest absolute Gasteiger partial charge is 0.213 e. The van der Waals surface area contributed by atoms with E-state index in [-0.39, 0.29) is 5.91 Å². The Kier molecular flexibility index (Phi) is 4.36. The van der Waals surface area contributed by atoms with Crippen molar-refractivity contribution in [2.45, 2.75) is 13.2 Å². The maximum Gasteiger partial charge on any atom is 0.213 e. The number of hydrogen-bond acceptors (Lipinski definition) is 2. The molecule has 0 aliphatic rings. The minimum Gasteiger partial charge on any atom is -0.374 e. The van der Waals surface area contributed by atoms with Crippen LogP contribution in [0.2, 0.25) is 6.32 Å². The van der Waals surface area contributed by atoms with Crippen LogP contribution in [0.3, 0.4) is 0 Å². The lowest BCUT2D eigenvalue weighted by molar-refractivity contribution is -0.118. The summed E-state index contributed by atoms with van der Waals surface area (Å²) in [5, 5.41) is 2.60. The summed E-state index contributed by atoms with van der Waals surface area (Å²) in [5.41, 5.74) is 4.97. The van der Waals surface area contributed by atoms with E-state index in [1.54, 1.807) is 0 Å². The van der Waals surface area contributed by atoms with Crippen molar-refractivity contribution >= 4 is 13.3 Å². The van der Waals surface area contributed by atoms with Crippen LogP contribution in [-0.2, 0) is 4.79 Å². The normalized spacial score (nSPS) is 8.25. The van der Waals surface area contributed by atoms with Crippen LogP contribution in [-0.4, -0.2) is 19.9 Å². The highest BCUT2D eigenvalue weighted by Crippen LogP contribution is 1.71. The Balaban J connectivity index is 3.06. The van der Waals surface area contributed by atoms with Gasteiger partial charge in [-0.05, 0) is 6.92 Å². The molecule has 4 heteroatoms. The van der Waals surface area contributed by atoms with E-state index in [1.807, 2.05) is 6.92 Å². The fourth-order valence-electron chi connectivity index (χ4n) is 0.376. The van der Waals surface area contributed by atoms with Crippen LogP contribution >= 0.6 is 0 Å². The van der Waals surface area contributed by atoms with Crippen LogP contribution in [0.25, 0.3) is 0 Å². The molecule has 0 aromatic rings. The number of carbonyl (C=O) groups excluding carboxylic acids is 1. The predicted molar refractivity (Wildman–Crippen MR) is 33.4 cm³/mol. The van der Waals surface area contributed by atoms with Crippen molar-refractivity contribution in [2.75, 3.05) is 6.54 Å². The number of hydrogen-bond donors (Lipinski definition) is 2. The molecule has 0 saturated heterocycles. The second kappa shape index (κ2) is 4.65. The van der Waals surface area contributed by atoms with Gasteiger partial charge in [0.2, 0.25) is 13.3 Å². The highest BCUT2D eigenvalue weighted by atomic mass is 16.1. The molecule has 0 rings (SSSR count). The van der Waals surface area contributed by atoms with Crippen LogP contribution in [0.15, 0.2) is 0 Å². The van der Waals surface area contributed by atoms with Gasteiger partial charge in [-0.1, -0.05) is 0 Å². The number of carbonyl (C=O) groups is 1. The Morgan fingerprint density at radius 1 is 1.88 bits per heavy atom. The van der Waals surface area contributed by atoms with E-state index in [0.29, 0.717) is 12.9 Å². The second-order valence-electron chi connectivity index (χ2n) is 1.39. The molecule has 0 bridgehead atoms. The average molecular weight is 113 g/mol. The average Bonchev–Trinajstić information content (AvgIpc) is 1.68. The van der Waals surface area contributed by atoms with Gasteiger partial charge in [0, 0.05) is 12.9 Å². The molecule has 0 aliphatic carbocycles. The van der Waals surface area contributed by atoms with Crippen LogP contribution in [0, 0.1) is 0 Å². The molecule has 0 saturated carbocycles. The van der Waals surface area contributed by atoms with Gasteiger partial charge in [-0.2, -0.15) is 0 Å². The van der Waals surface area contributed by atoms with Crippen molar-refractivity contribution in [3.05, 3.63) is 0 Å². The third kappa shape index (κ3) is 3.68. The van der Waals surface area contributed by atoms with E-state index in [1.165, 1.54) is 7.41 Å². The van der Waals surface area contributed by atoms with Crippen LogP contribution in [0.5, 0.6) is 0 Å². The molecule has 45 valence electrons. The summed E-state index contributed by atoms with van der Waals surface area (Å²) in [6.45, 7) is 2.54. The summed E-state index contributed by atoms with van der Waals surface area (Å²) in [4.78, 5) is 10.4. The lowest BCUT2D eigenvalue weighted by Gasteiger charge is -1.95. The fraction of sp³-hybridized carbons (Fsp3) is 0.750. The quantitative estimate of drug-likeness (QED) is 0.467. The van der Waals surface area contributed by atoms with Gasteiger partial charge in [-0.15, -0.1) is 0 Å². The Labute approximate surface area is 49.9 Å². The van der Waals surface area contributed by atoms with Gasteiger partial charge in [-0.25, -0.2) is 0 Å². The molecule has 1 radical (unpaired) electrons.